The van der Waals surface area contributed by atoms with Gasteiger partial charge in [-0.25, -0.2) is 0 Å². The van der Waals surface area contributed by atoms with Crippen LogP contribution in [0.4, 0.5) is 0 Å². The molecular formula is C31H54N2. The maximum Gasteiger partial charge on any atom is 0.0480 e. The van der Waals surface area contributed by atoms with E-state index in [0.29, 0.717) is 0 Å². The Morgan fingerprint density at radius 3 is 1.61 bits per heavy atom. The average Bonchev–Trinajstić information content (AvgIpc) is 3.25. The van der Waals surface area contributed by atoms with Gasteiger partial charge in [-0.05, 0) is 56.4 Å². The monoisotopic (exact) mass is 454 g/mol. The molecule has 0 atom stereocenters. The molecule has 2 aromatic rings. The number of rotatable bonds is 22. The molecule has 2 nitrogen and oxygen atoms in total. The van der Waals surface area contributed by atoms with Crippen LogP contribution in [-0.2, 0) is 6.54 Å². The van der Waals surface area contributed by atoms with E-state index in [1.165, 1.54) is 140 Å². The maximum absolute atomic E-state index is 2.78. The lowest BCUT2D eigenvalue weighted by molar-refractivity contribution is 0.253. The van der Waals surface area contributed by atoms with Gasteiger partial charge in [0.2, 0.25) is 0 Å². The molecular weight excluding hydrogens is 400 g/mol. The number of benzene rings is 1. The lowest BCUT2D eigenvalue weighted by Crippen LogP contribution is -2.28. The Labute approximate surface area is 206 Å². The van der Waals surface area contributed by atoms with Crippen molar-refractivity contribution in [2.45, 2.75) is 130 Å². The summed E-state index contributed by atoms with van der Waals surface area (Å²) < 4.78 is 2.44. The molecule has 0 aliphatic rings. The smallest absolute Gasteiger partial charge is 0.0480 e. The summed E-state index contributed by atoms with van der Waals surface area (Å²) in [6, 6.07) is 11.0. The zero-order valence-corrected chi connectivity index (χ0v) is 22.2. The van der Waals surface area contributed by atoms with Gasteiger partial charge in [0.15, 0.2) is 0 Å². The van der Waals surface area contributed by atoms with Crippen LogP contribution in [0.1, 0.15) is 123 Å². The highest BCUT2D eigenvalue weighted by molar-refractivity contribution is 5.79. The molecule has 33 heavy (non-hydrogen) atoms. The van der Waals surface area contributed by atoms with Gasteiger partial charge in [-0.1, -0.05) is 122 Å². The van der Waals surface area contributed by atoms with Gasteiger partial charge >= 0.3 is 0 Å². The van der Waals surface area contributed by atoms with E-state index >= 15 is 0 Å². The largest absolute Gasteiger partial charge is 0.347 e. The second-order valence-corrected chi connectivity index (χ2v) is 10.2. The lowest BCUT2D eigenvalue weighted by atomic mass is 10.1. The van der Waals surface area contributed by atoms with Gasteiger partial charge < -0.3 is 9.47 Å². The number of para-hydroxylation sites is 1. The van der Waals surface area contributed by atoms with Crippen molar-refractivity contribution in [2.24, 2.45) is 0 Å². The van der Waals surface area contributed by atoms with Crippen molar-refractivity contribution in [2.75, 3.05) is 19.6 Å². The second-order valence-electron chi connectivity index (χ2n) is 10.2. The third kappa shape index (κ3) is 12.7. The first kappa shape index (κ1) is 28.0. The standard InChI is InChI=1S/C31H54N2/c1-3-5-7-9-11-13-15-19-25-32(26-20-16-14-12-10-8-6-4-2)27-21-28-33-29-24-30-22-17-18-23-31(30)33/h17-18,22-24,29H,3-16,19-21,25-28H2,1-2H3. The van der Waals surface area contributed by atoms with E-state index in [9.17, 15) is 0 Å². The number of unbranched alkanes of at least 4 members (excludes halogenated alkanes) is 14. The third-order valence-electron chi connectivity index (χ3n) is 7.21. The van der Waals surface area contributed by atoms with Crippen LogP contribution < -0.4 is 0 Å². The Morgan fingerprint density at radius 2 is 1.03 bits per heavy atom. The van der Waals surface area contributed by atoms with Crippen LogP contribution >= 0.6 is 0 Å². The van der Waals surface area contributed by atoms with Gasteiger partial charge in [0, 0.05) is 18.3 Å². The molecule has 0 amide bonds. The highest BCUT2D eigenvalue weighted by atomic mass is 15.1. The van der Waals surface area contributed by atoms with Crippen LogP contribution in [0.3, 0.4) is 0 Å². The molecule has 1 heterocycles. The van der Waals surface area contributed by atoms with Gasteiger partial charge in [0.1, 0.15) is 0 Å². The minimum atomic E-state index is 1.14. The van der Waals surface area contributed by atoms with E-state index < -0.39 is 0 Å². The van der Waals surface area contributed by atoms with E-state index in [2.05, 4.69) is 59.8 Å². The van der Waals surface area contributed by atoms with Crippen LogP contribution in [0.25, 0.3) is 10.9 Å². The van der Waals surface area contributed by atoms with E-state index in [-0.39, 0.29) is 0 Å². The van der Waals surface area contributed by atoms with Crippen LogP contribution in [-0.4, -0.2) is 29.1 Å². The van der Waals surface area contributed by atoms with Gasteiger partial charge in [-0.2, -0.15) is 0 Å². The summed E-state index contributed by atoms with van der Waals surface area (Å²) in [6.07, 6.45) is 26.2. The Kier molecular flexibility index (Phi) is 16.2. The summed E-state index contributed by atoms with van der Waals surface area (Å²) in [6.45, 7) is 9.60. The van der Waals surface area contributed by atoms with Crippen LogP contribution in [0.15, 0.2) is 36.5 Å². The zero-order chi connectivity index (χ0) is 23.4. The molecule has 0 radical (unpaired) electrons. The Bertz CT molecular complexity index is 669. The van der Waals surface area contributed by atoms with Crippen LogP contribution in [0.2, 0.25) is 0 Å². The average molecular weight is 455 g/mol. The van der Waals surface area contributed by atoms with Gasteiger partial charge in [0.25, 0.3) is 0 Å². The highest BCUT2D eigenvalue weighted by Crippen LogP contribution is 2.16. The summed E-state index contributed by atoms with van der Waals surface area (Å²) in [7, 11) is 0. The molecule has 0 saturated heterocycles. The molecule has 1 aromatic heterocycles. The third-order valence-corrected chi connectivity index (χ3v) is 7.21. The van der Waals surface area contributed by atoms with Crippen molar-refractivity contribution in [3.63, 3.8) is 0 Å². The predicted molar refractivity (Wildman–Crippen MR) is 148 cm³/mol. The maximum atomic E-state index is 2.78. The fourth-order valence-electron chi connectivity index (χ4n) is 5.07. The van der Waals surface area contributed by atoms with E-state index in [1.54, 1.807) is 0 Å². The fraction of sp³-hybridized carbons (Fsp3) is 0.742. The first-order valence-corrected chi connectivity index (χ1v) is 14.6. The van der Waals surface area contributed by atoms with Crippen molar-refractivity contribution in [1.29, 1.82) is 0 Å². The zero-order valence-electron chi connectivity index (χ0n) is 22.2. The SMILES string of the molecule is CCCCCCCCCCN(CCCCCCCCCC)CCCn1ccc2ccccc21. The number of aromatic nitrogens is 1. The first-order valence-electron chi connectivity index (χ1n) is 14.6. The molecule has 0 aliphatic heterocycles. The molecule has 0 spiro atoms. The van der Waals surface area contributed by atoms with Crippen molar-refractivity contribution < 1.29 is 0 Å². The van der Waals surface area contributed by atoms with E-state index in [0.717, 1.165) is 6.54 Å². The summed E-state index contributed by atoms with van der Waals surface area (Å²) >= 11 is 0. The summed E-state index contributed by atoms with van der Waals surface area (Å²) in [5.74, 6) is 0. The minimum Gasteiger partial charge on any atom is -0.347 e. The Balaban J connectivity index is 1.65. The topological polar surface area (TPSA) is 8.17 Å². The van der Waals surface area contributed by atoms with Crippen molar-refractivity contribution in [3.8, 4) is 0 Å². The number of hydrogen-bond acceptors (Lipinski definition) is 1. The van der Waals surface area contributed by atoms with Gasteiger partial charge in [-0.15, -0.1) is 0 Å². The Hall–Kier alpha value is -1.28. The Morgan fingerprint density at radius 1 is 0.545 bits per heavy atom. The molecule has 0 aliphatic carbocycles. The quantitative estimate of drug-likeness (QED) is 0.161. The lowest BCUT2D eigenvalue weighted by Gasteiger charge is -2.22. The molecule has 1 aromatic carbocycles. The van der Waals surface area contributed by atoms with Gasteiger partial charge in [-0.3, -0.25) is 0 Å². The fourth-order valence-corrected chi connectivity index (χ4v) is 5.07. The molecule has 188 valence electrons. The minimum absolute atomic E-state index is 1.14. The highest BCUT2D eigenvalue weighted by Gasteiger charge is 2.06. The molecule has 2 rings (SSSR count). The second kappa shape index (κ2) is 19.1. The van der Waals surface area contributed by atoms with Crippen molar-refractivity contribution in [3.05, 3.63) is 36.5 Å². The summed E-state index contributed by atoms with van der Waals surface area (Å²) in [4.78, 5) is 2.78. The number of aryl methyl sites for hydroxylation is 1. The van der Waals surface area contributed by atoms with Gasteiger partial charge in [0.05, 0.1) is 0 Å². The first-order chi connectivity index (χ1) is 16.3. The molecule has 0 bridgehead atoms. The number of fused-ring (bicyclic) bond motifs is 1. The predicted octanol–water partition coefficient (Wildman–Crippen LogP) is 9.61. The summed E-state index contributed by atoms with van der Waals surface area (Å²) in [5, 5.41) is 1.37. The van der Waals surface area contributed by atoms with Crippen LogP contribution in [0, 0.1) is 0 Å². The number of nitrogens with zero attached hydrogens (tertiary/aromatic N) is 2. The van der Waals surface area contributed by atoms with E-state index in [4.69, 9.17) is 0 Å². The molecule has 0 unspecified atom stereocenters. The van der Waals surface area contributed by atoms with Crippen molar-refractivity contribution in [1.82, 2.24) is 9.47 Å². The van der Waals surface area contributed by atoms with Crippen LogP contribution in [0.5, 0.6) is 0 Å². The molecule has 0 fully saturated rings. The summed E-state index contributed by atoms with van der Waals surface area (Å²) in [5.41, 5.74) is 1.38. The molecule has 2 heteroatoms. The normalized spacial score (nSPS) is 11.7. The van der Waals surface area contributed by atoms with E-state index in [1.807, 2.05) is 0 Å². The van der Waals surface area contributed by atoms with Crippen molar-refractivity contribution >= 4 is 10.9 Å². The number of hydrogen-bond donors (Lipinski definition) is 0. The molecule has 0 N–H and O–H groups in total. The molecule has 0 saturated carbocycles.